The van der Waals surface area contributed by atoms with Crippen LogP contribution in [0.1, 0.15) is 25.3 Å². The van der Waals surface area contributed by atoms with Gasteiger partial charge in [-0.05, 0) is 13.0 Å². The van der Waals surface area contributed by atoms with E-state index in [4.69, 9.17) is 0 Å². The van der Waals surface area contributed by atoms with Crippen LogP contribution in [-0.2, 0) is 14.4 Å². The Morgan fingerprint density at radius 1 is 1.12 bits per heavy atom. The van der Waals surface area contributed by atoms with Crippen molar-refractivity contribution in [2.45, 2.75) is 26.7 Å². The lowest BCUT2D eigenvalue weighted by Crippen LogP contribution is -2.50. The third kappa shape index (κ3) is 4.78. The fourth-order valence-corrected chi connectivity index (χ4v) is 2.82. The quantitative estimate of drug-likeness (QED) is 0.627. The lowest BCUT2D eigenvalue weighted by molar-refractivity contribution is -0.385. The van der Waals surface area contributed by atoms with E-state index in [-0.39, 0.29) is 36.3 Å². The van der Waals surface area contributed by atoms with Crippen LogP contribution < -0.4 is 5.32 Å². The number of hydrogen-bond donors (Lipinski definition) is 1. The highest BCUT2D eigenvalue weighted by atomic mass is 16.6. The highest BCUT2D eigenvalue weighted by Crippen LogP contribution is 2.25. The fourth-order valence-electron chi connectivity index (χ4n) is 2.82. The van der Waals surface area contributed by atoms with Crippen LogP contribution >= 0.6 is 0 Å². The molecular formula is C17H22N4O5. The fraction of sp³-hybridized carbons (Fsp3) is 0.471. The van der Waals surface area contributed by atoms with Gasteiger partial charge in [-0.3, -0.25) is 24.5 Å². The first-order valence-electron chi connectivity index (χ1n) is 8.36. The predicted molar refractivity (Wildman–Crippen MR) is 94.5 cm³/mol. The van der Waals surface area contributed by atoms with E-state index in [2.05, 4.69) is 5.32 Å². The molecule has 0 bridgehead atoms. The molecule has 3 amide bonds. The topological polar surface area (TPSA) is 113 Å². The molecule has 0 saturated carbocycles. The summed E-state index contributed by atoms with van der Waals surface area (Å²) in [5.74, 6) is -0.521. The molecule has 2 rings (SSSR count). The van der Waals surface area contributed by atoms with E-state index in [1.807, 2.05) is 0 Å². The lowest BCUT2D eigenvalue weighted by Gasteiger charge is -2.34. The van der Waals surface area contributed by atoms with Gasteiger partial charge in [-0.1, -0.05) is 6.07 Å². The average Bonchev–Trinajstić information content (AvgIpc) is 2.61. The van der Waals surface area contributed by atoms with Crippen molar-refractivity contribution in [3.05, 3.63) is 33.9 Å². The van der Waals surface area contributed by atoms with Gasteiger partial charge in [-0.2, -0.15) is 0 Å². The zero-order valence-electron chi connectivity index (χ0n) is 14.9. The maximum atomic E-state index is 12.2. The van der Waals surface area contributed by atoms with Gasteiger partial charge in [0.1, 0.15) is 0 Å². The number of nitro benzene ring substituents is 1. The number of carbonyl (C=O) groups is 3. The Kier molecular flexibility index (Phi) is 6.26. The molecule has 1 fully saturated rings. The minimum Gasteiger partial charge on any atom is -0.339 e. The standard InChI is InChI=1S/C17H22N4O5/c1-12-14(4-3-5-15(12)21(25)26)18-16(23)6-7-17(24)20-10-8-19(9-11-20)13(2)22/h3-5H,6-11H2,1-2H3,(H,18,23). The third-order valence-corrected chi connectivity index (χ3v) is 4.42. The van der Waals surface area contributed by atoms with Crippen molar-refractivity contribution in [3.8, 4) is 0 Å². The van der Waals surface area contributed by atoms with Crippen molar-refractivity contribution < 1.29 is 19.3 Å². The molecule has 0 unspecified atom stereocenters. The summed E-state index contributed by atoms with van der Waals surface area (Å²) < 4.78 is 0. The third-order valence-electron chi connectivity index (χ3n) is 4.42. The molecule has 0 aromatic heterocycles. The van der Waals surface area contributed by atoms with E-state index in [9.17, 15) is 24.5 Å². The monoisotopic (exact) mass is 362 g/mol. The summed E-state index contributed by atoms with van der Waals surface area (Å²) in [6.07, 6.45) is 0.0494. The van der Waals surface area contributed by atoms with Gasteiger partial charge in [0, 0.05) is 52.0 Å². The zero-order chi connectivity index (χ0) is 19.3. The van der Waals surface area contributed by atoms with Crippen LogP contribution in [-0.4, -0.2) is 58.6 Å². The first-order chi connectivity index (χ1) is 12.3. The van der Waals surface area contributed by atoms with E-state index in [0.29, 0.717) is 37.4 Å². The summed E-state index contributed by atoms with van der Waals surface area (Å²) in [5.41, 5.74) is 0.673. The molecule has 1 N–H and O–H groups in total. The van der Waals surface area contributed by atoms with E-state index in [1.54, 1.807) is 22.8 Å². The molecule has 0 radical (unpaired) electrons. The number of hydrogen-bond acceptors (Lipinski definition) is 5. The first kappa shape index (κ1) is 19.4. The number of anilines is 1. The van der Waals surface area contributed by atoms with E-state index in [1.165, 1.54) is 19.1 Å². The molecule has 1 aromatic rings. The van der Waals surface area contributed by atoms with Gasteiger partial charge in [-0.15, -0.1) is 0 Å². The zero-order valence-corrected chi connectivity index (χ0v) is 14.9. The molecule has 1 aliphatic rings. The summed E-state index contributed by atoms with van der Waals surface area (Å²) in [4.78, 5) is 49.3. The minimum absolute atomic E-state index is 0.00606. The van der Waals surface area contributed by atoms with Crippen molar-refractivity contribution in [1.82, 2.24) is 9.80 Å². The average molecular weight is 362 g/mol. The number of nitrogens with one attached hydrogen (secondary N) is 1. The smallest absolute Gasteiger partial charge is 0.274 e. The number of benzene rings is 1. The first-order valence-corrected chi connectivity index (χ1v) is 8.36. The molecule has 1 aromatic carbocycles. The Bertz CT molecular complexity index is 726. The predicted octanol–water partition coefficient (Wildman–Crippen LogP) is 1.31. The van der Waals surface area contributed by atoms with Crippen LogP contribution in [0.2, 0.25) is 0 Å². The number of nitro groups is 1. The van der Waals surface area contributed by atoms with Gasteiger partial charge in [0.25, 0.3) is 5.69 Å². The number of piperazine rings is 1. The van der Waals surface area contributed by atoms with Gasteiger partial charge < -0.3 is 15.1 Å². The van der Waals surface area contributed by atoms with Crippen molar-refractivity contribution in [1.29, 1.82) is 0 Å². The maximum absolute atomic E-state index is 12.2. The molecule has 140 valence electrons. The Morgan fingerprint density at radius 2 is 1.73 bits per heavy atom. The molecule has 0 atom stereocenters. The van der Waals surface area contributed by atoms with Crippen LogP contribution in [0.5, 0.6) is 0 Å². The van der Waals surface area contributed by atoms with Gasteiger partial charge >= 0.3 is 0 Å². The summed E-state index contributed by atoms with van der Waals surface area (Å²) in [6.45, 7) is 4.99. The van der Waals surface area contributed by atoms with E-state index in [0.717, 1.165) is 0 Å². The minimum atomic E-state index is -0.505. The molecule has 1 aliphatic heterocycles. The Labute approximate surface area is 151 Å². The number of carbonyl (C=O) groups excluding carboxylic acids is 3. The van der Waals surface area contributed by atoms with Crippen molar-refractivity contribution >= 4 is 29.1 Å². The van der Waals surface area contributed by atoms with Crippen LogP contribution in [0, 0.1) is 17.0 Å². The van der Waals surface area contributed by atoms with Gasteiger partial charge in [0.2, 0.25) is 17.7 Å². The largest absolute Gasteiger partial charge is 0.339 e. The lowest BCUT2D eigenvalue weighted by atomic mass is 10.1. The second-order valence-electron chi connectivity index (χ2n) is 6.14. The van der Waals surface area contributed by atoms with Gasteiger partial charge in [0.05, 0.1) is 16.2 Å². The summed E-state index contributed by atoms with van der Waals surface area (Å²) in [5, 5.41) is 13.6. The summed E-state index contributed by atoms with van der Waals surface area (Å²) >= 11 is 0. The second-order valence-corrected chi connectivity index (χ2v) is 6.14. The Hall–Kier alpha value is -2.97. The highest BCUT2D eigenvalue weighted by Gasteiger charge is 2.23. The normalized spacial score (nSPS) is 14.1. The molecule has 0 aliphatic carbocycles. The van der Waals surface area contributed by atoms with Crippen LogP contribution in [0.3, 0.4) is 0 Å². The van der Waals surface area contributed by atoms with E-state index < -0.39 is 4.92 Å². The molecule has 1 saturated heterocycles. The summed E-state index contributed by atoms with van der Waals surface area (Å²) in [6, 6.07) is 4.46. The maximum Gasteiger partial charge on any atom is 0.274 e. The number of nitrogens with zero attached hydrogens (tertiary/aromatic N) is 3. The van der Waals surface area contributed by atoms with Crippen molar-refractivity contribution in [2.75, 3.05) is 31.5 Å². The molecule has 26 heavy (non-hydrogen) atoms. The molecule has 9 heteroatoms. The Morgan fingerprint density at radius 3 is 2.31 bits per heavy atom. The van der Waals surface area contributed by atoms with Gasteiger partial charge in [-0.25, -0.2) is 0 Å². The van der Waals surface area contributed by atoms with Crippen molar-refractivity contribution in [3.63, 3.8) is 0 Å². The molecular weight excluding hydrogens is 340 g/mol. The van der Waals surface area contributed by atoms with Crippen LogP contribution in [0.25, 0.3) is 0 Å². The molecule has 9 nitrogen and oxygen atoms in total. The second kappa shape index (κ2) is 8.41. The van der Waals surface area contributed by atoms with E-state index >= 15 is 0 Å². The SMILES string of the molecule is CC(=O)N1CCN(C(=O)CCC(=O)Nc2cccc([N+](=O)[O-])c2C)CC1. The number of amides is 3. The molecule has 1 heterocycles. The molecule has 0 spiro atoms. The van der Waals surface area contributed by atoms with Gasteiger partial charge in [0.15, 0.2) is 0 Å². The van der Waals surface area contributed by atoms with Crippen LogP contribution in [0.4, 0.5) is 11.4 Å². The van der Waals surface area contributed by atoms with Crippen molar-refractivity contribution in [2.24, 2.45) is 0 Å². The number of rotatable bonds is 5. The van der Waals surface area contributed by atoms with Crippen LogP contribution in [0.15, 0.2) is 18.2 Å². The highest BCUT2D eigenvalue weighted by molar-refractivity contribution is 5.94. The summed E-state index contributed by atoms with van der Waals surface area (Å²) in [7, 11) is 0. The Balaban J connectivity index is 1.84.